The minimum atomic E-state index is -4.37. The van der Waals surface area contributed by atoms with Crippen LogP contribution in [0.2, 0.25) is 0 Å². The summed E-state index contributed by atoms with van der Waals surface area (Å²) in [4.78, 5) is 21.7. The number of benzene rings is 3. The molecule has 0 aliphatic carbocycles. The van der Waals surface area contributed by atoms with Gasteiger partial charge in [0.25, 0.3) is 0 Å². The van der Waals surface area contributed by atoms with Crippen LogP contribution >= 0.6 is 0 Å². The molecule has 0 radical (unpaired) electrons. The van der Waals surface area contributed by atoms with Gasteiger partial charge in [0, 0.05) is 42.1 Å². The normalized spacial score (nSPS) is 14.9. The van der Waals surface area contributed by atoms with Gasteiger partial charge in [0.1, 0.15) is 0 Å². The number of pyridine rings is 1. The molecule has 2 amide bonds. The van der Waals surface area contributed by atoms with E-state index in [2.05, 4.69) is 46.5 Å². The second kappa shape index (κ2) is 11.5. The fraction of sp³-hybridized carbons (Fsp3) is 0.273. The van der Waals surface area contributed by atoms with Gasteiger partial charge >= 0.3 is 12.2 Å². The number of anilines is 4. The first kappa shape index (κ1) is 29.1. The van der Waals surface area contributed by atoms with Gasteiger partial charge in [-0.1, -0.05) is 62.4 Å². The Labute approximate surface area is 244 Å². The van der Waals surface area contributed by atoms with E-state index in [0.717, 1.165) is 23.9 Å². The molecular formula is C33H34F3N5O. The first-order valence-corrected chi connectivity index (χ1v) is 13.8. The van der Waals surface area contributed by atoms with E-state index < -0.39 is 17.8 Å². The number of rotatable bonds is 7. The van der Waals surface area contributed by atoms with Gasteiger partial charge < -0.3 is 15.5 Å². The predicted molar refractivity (Wildman–Crippen MR) is 161 cm³/mol. The molecular weight excluding hydrogens is 539 g/mol. The summed E-state index contributed by atoms with van der Waals surface area (Å²) in [5.41, 5.74) is 4.37. The quantitative estimate of drug-likeness (QED) is 0.233. The van der Waals surface area contributed by atoms with Gasteiger partial charge in [-0.3, -0.25) is 4.90 Å². The first-order valence-electron chi connectivity index (χ1n) is 13.8. The standard InChI is InChI=1S/C33H34F3N5O/c1-22(40(4)20-23-9-7-10-25(19-23)33(34,35)36)24-14-16-26(17-15-24)38-31(42)39-28-12-8-18-37-30(28)41-21-32(2,3)27-11-5-6-13-29(27)41/h5-19,22H,20-21H2,1-4H3,(H2,38,39,42). The highest BCUT2D eigenvalue weighted by atomic mass is 19.4. The number of carbonyl (C=O) groups is 1. The molecule has 5 rings (SSSR count). The van der Waals surface area contributed by atoms with Gasteiger partial charge in [-0.2, -0.15) is 13.2 Å². The zero-order valence-electron chi connectivity index (χ0n) is 24.0. The molecule has 1 atom stereocenters. The fourth-order valence-electron chi connectivity index (χ4n) is 5.40. The van der Waals surface area contributed by atoms with Crippen molar-refractivity contribution in [1.29, 1.82) is 0 Å². The number of nitrogens with one attached hydrogen (secondary N) is 2. The molecule has 1 unspecified atom stereocenters. The van der Waals surface area contributed by atoms with Gasteiger partial charge in [0.15, 0.2) is 5.82 Å². The van der Waals surface area contributed by atoms with E-state index in [1.165, 1.54) is 17.7 Å². The Bertz CT molecular complexity index is 1570. The summed E-state index contributed by atoms with van der Waals surface area (Å²) in [5, 5.41) is 5.83. The van der Waals surface area contributed by atoms with Crippen LogP contribution in [0.15, 0.2) is 91.1 Å². The van der Waals surface area contributed by atoms with Crippen molar-refractivity contribution in [2.45, 2.75) is 44.9 Å². The molecule has 9 heteroatoms. The number of fused-ring (bicyclic) bond motifs is 1. The minimum absolute atomic E-state index is 0.0618. The maximum Gasteiger partial charge on any atom is 0.416 e. The molecule has 42 heavy (non-hydrogen) atoms. The summed E-state index contributed by atoms with van der Waals surface area (Å²) in [6.45, 7) is 7.48. The first-order chi connectivity index (χ1) is 19.9. The number of hydrogen-bond donors (Lipinski definition) is 2. The van der Waals surface area contributed by atoms with Crippen molar-refractivity contribution in [2.75, 3.05) is 29.1 Å². The lowest BCUT2D eigenvalue weighted by Crippen LogP contribution is -2.27. The minimum Gasteiger partial charge on any atom is -0.324 e. The lowest BCUT2D eigenvalue weighted by molar-refractivity contribution is -0.137. The van der Waals surface area contributed by atoms with E-state index in [1.807, 2.05) is 61.3 Å². The number of carbonyl (C=O) groups excluding carboxylic acids is 1. The Kier molecular flexibility index (Phi) is 7.97. The second-order valence-corrected chi connectivity index (χ2v) is 11.4. The van der Waals surface area contributed by atoms with Crippen molar-refractivity contribution in [1.82, 2.24) is 9.88 Å². The Hall–Kier alpha value is -4.37. The molecule has 1 aromatic heterocycles. The van der Waals surface area contributed by atoms with Crippen molar-refractivity contribution in [2.24, 2.45) is 0 Å². The number of alkyl halides is 3. The molecule has 2 heterocycles. The van der Waals surface area contributed by atoms with Crippen molar-refractivity contribution in [3.05, 3.63) is 113 Å². The number of urea groups is 1. The Morgan fingerprint density at radius 3 is 2.48 bits per heavy atom. The Morgan fingerprint density at radius 2 is 1.74 bits per heavy atom. The number of hydrogen-bond acceptors (Lipinski definition) is 4. The van der Waals surface area contributed by atoms with Crippen molar-refractivity contribution in [3.8, 4) is 0 Å². The average molecular weight is 574 g/mol. The highest BCUT2D eigenvalue weighted by molar-refractivity contribution is 6.02. The van der Waals surface area contributed by atoms with E-state index in [-0.39, 0.29) is 11.5 Å². The summed E-state index contributed by atoms with van der Waals surface area (Å²) in [6, 6.07) is 24.2. The zero-order valence-corrected chi connectivity index (χ0v) is 24.0. The predicted octanol–water partition coefficient (Wildman–Crippen LogP) is 8.37. The van der Waals surface area contributed by atoms with E-state index in [4.69, 9.17) is 0 Å². The molecule has 0 saturated heterocycles. The van der Waals surface area contributed by atoms with E-state index >= 15 is 0 Å². The molecule has 3 aromatic carbocycles. The molecule has 218 valence electrons. The largest absolute Gasteiger partial charge is 0.416 e. The topological polar surface area (TPSA) is 60.5 Å². The molecule has 4 aromatic rings. The average Bonchev–Trinajstić information content (AvgIpc) is 3.23. The summed E-state index contributed by atoms with van der Waals surface area (Å²) < 4.78 is 39.3. The van der Waals surface area contributed by atoms with Crippen LogP contribution < -0.4 is 15.5 Å². The number of halogens is 3. The lowest BCUT2D eigenvalue weighted by Gasteiger charge is -2.26. The van der Waals surface area contributed by atoms with Crippen LogP contribution in [0.5, 0.6) is 0 Å². The third-order valence-electron chi connectivity index (χ3n) is 7.77. The summed E-state index contributed by atoms with van der Waals surface area (Å²) >= 11 is 0. The smallest absolute Gasteiger partial charge is 0.324 e. The maximum absolute atomic E-state index is 13.1. The molecule has 2 N–H and O–H groups in total. The molecule has 1 aliphatic heterocycles. The van der Waals surface area contributed by atoms with Crippen LogP contribution in [0.4, 0.5) is 40.8 Å². The van der Waals surface area contributed by atoms with Crippen LogP contribution in [0, 0.1) is 0 Å². The molecule has 6 nitrogen and oxygen atoms in total. The third kappa shape index (κ3) is 6.26. The van der Waals surface area contributed by atoms with Gasteiger partial charge in [0.05, 0.1) is 11.3 Å². The molecule has 1 aliphatic rings. The van der Waals surface area contributed by atoms with Crippen LogP contribution in [0.1, 0.15) is 49.1 Å². The third-order valence-corrected chi connectivity index (χ3v) is 7.77. The van der Waals surface area contributed by atoms with Gasteiger partial charge in [-0.05, 0) is 67.1 Å². The number of para-hydroxylation sites is 1. The fourth-order valence-corrected chi connectivity index (χ4v) is 5.40. The van der Waals surface area contributed by atoms with E-state index in [1.54, 1.807) is 18.3 Å². The number of nitrogens with zero attached hydrogens (tertiary/aromatic N) is 3. The zero-order chi connectivity index (χ0) is 30.1. The van der Waals surface area contributed by atoms with Crippen molar-refractivity contribution in [3.63, 3.8) is 0 Å². The van der Waals surface area contributed by atoms with Gasteiger partial charge in [-0.25, -0.2) is 9.78 Å². The van der Waals surface area contributed by atoms with Crippen LogP contribution in [-0.4, -0.2) is 29.5 Å². The lowest BCUT2D eigenvalue weighted by atomic mass is 9.87. The van der Waals surface area contributed by atoms with Gasteiger partial charge in [-0.15, -0.1) is 0 Å². The second-order valence-electron chi connectivity index (χ2n) is 11.4. The number of amides is 2. The van der Waals surface area contributed by atoms with Crippen molar-refractivity contribution < 1.29 is 18.0 Å². The number of aromatic nitrogens is 1. The van der Waals surface area contributed by atoms with Crippen LogP contribution in [0.25, 0.3) is 0 Å². The summed E-state index contributed by atoms with van der Waals surface area (Å²) in [7, 11) is 1.87. The van der Waals surface area contributed by atoms with Crippen LogP contribution in [-0.2, 0) is 18.1 Å². The highest BCUT2D eigenvalue weighted by Gasteiger charge is 2.37. The molecule has 0 saturated carbocycles. The molecule has 0 fully saturated rings. The summed E-state index contributed by atoms with van der Waals surface area (Å²) in [5.74, 6) is 0.679. The van der Waals surface area contributed by atoms with E-state index in [0.29, 0.717) is 29.3 Å². The Morgan fingerprint density at radius 1 is 1.00 bits per heavy atom. The van der Waals surface area contributed by atoms with E-state index in [9.17, 15) is 18.0 Å². The Balaban J connectivity index is 1.23. The SMILES string of the molecule is CC(c1ccc(NC(=O)Nc2cccnc2N2CC(C)(C)c3ccccc32)cc1)N(C)Cc1cccc(C(F)(F)F)c1. The monoisotopic (exact) mass is 573 g/mol. The van der Waals surface area contributed by atoms with Gasteiger partial charge in [0.2, 0.25) is 0 Å². The maximum atomic E-state index is 13.1. The molecule has 0 bridgehead atoms. The highest BCUT2D eigenvalue weighted by Crippen LogP contribution is 2.45. The van der Waals surface area contributed by atoms with Crippen LogP contribution in [0.3, 0.4) is 0 Å². The van der Waals surface area contributed by atoms with Crippen molar-refractivity contribution >= 4 is 28.9 Å². The summed E-state index contributed by atoms with van der Waals surface area (Å²) in [6.07, 6.45) is -2.65. The molecule has 0 spiro atoms.